The number of ether oxygens (including phenoxy) is 2. The van der Waals surface area contributed by atoms with Crippen LogP contribution in [0.1, 0.15) is 18.7 Å². The van der Waals surface area contributed by atoms with Crippen LogP contribution in [-0.4, -0.2) is 62.3 Å². The van der Waals surface area contributed by atoms with Crippen molar-refractivity contribution in [1.29, 1.82) is 0 Å². The minimum absolute atomic E-state index is 0.105. The molecule has 0 aliphatic carbocycles. The van der Waals surface area contributed by atoms with E-state index in [-0.39, 0.29) is 17.4 Å². The summed E-state index contributed by atoms with van der Waals surface area (Å²) in [5, 5.41) is 0.502. The number of alkyl halides is 3. The van der Waals surface area contributed by atoms with E-state index in [0.29, 0.717) is 16.9 Å². The standard InChI is InChI=1S/C18H23F3N4O2/c1-24-7-5-11(6-8-24)25(2)16-12-9-14(26-3)15(27-4)10-13(12)22-17(23-16)18(19,20)21/h9-11H,5-8H2,1-4H3. The van der Waals surface area contributed by atoms with E-state index in [9.17, 15) is 13.2 Å². The Morgan fingerprint density at radius 2 is 1.67 bits per heavy atom. The average Bonchev–Trinajstić information content (AvgIpc) is 2.65. The van der Waals surface area contributed by atoms with Crippen LogP contribution in [0.15, 0.2) is 12.1 Å². The largest absolute Gasteiger partial charge is 0.493 e. The zero-order chi connectivity index (χ0) is 19.8. The SMILES string of the molecule is COc1cc2nc(C(F)(F)F)nc(N(C)C3CCN(C)CC3)c2cc1OC. The molecule has 1 aliphatic rings. The molecule has 0 amide bonds. The van der Waals surface area contributed by atoms with Crippen LogP contribution in [0.3, 0.4) is 0 Å². The Morgan fingerprint density at radius 1 is 1.07 bits per heavy atom. The number of aromatic nitrogens is 2. The Morgan fingerprint density at radius 3 is 2.22 bits per heavy atom. The molecule has 0 radical (unpaired) electrons. The van der Waals surface area contributed by atoms with Gasteiger partial charge in [0.1, 0.15) is 5.82 Å². The zero-order valence-electron chi connectivity index (χ0n) is 15.8. The molecule has 148 valence electrons. The monoisotopic (exact) mass is 384 g/mol. The number of rotatable bonds is 4. The highest BCUT2D eigenvalue weighted by Crippen LogP contribution is 2.38. The van der Waals surface area contributed by atoms with E-state index in [2.05, 4.69) is 14.9 Å². The lowest BCUT2D eigenvalue weighted by molar-refractivity contribution is -0.144. The fourth-order valence-electron chi connectivity index (χ4n) is 3.39. The summed E-state index contributed by atoms with van der Waals surface area (Å²) in [5.41, 5.74) is 0.171. The molecule has 1 fully saturated rings. The molecule has 27 heavy (non-hydrogen) atoms. The van der Waals surface area contributed by atoms with Crippen LogP contribution in [0.4, 0.5) is 19.0 Å². The van der Waals surface area contributed by atoms with Crippen molar-refractivity contribution >= 4 is 16.7 Å². The number of hydrogen-bond acceptors (Lipinski definition) is 6. The smallest absolute Gasteiger partial charge is 0.451 e. The summed E-state index contributed by atoms with van der Waals surface area (Å²) in [5.74, 6) is -0.157. The summed E-state index contributed by atoms with van der Waals surface area (Å²) in [6, 6.07) is 3.19. The van der Waals surface area contributed by atoms with Crippen LogP contribution in [0.2, 0.25) is 0 Å². The van der Waals surface area contributed by atoms with E-state index in [1.165, 1.54) is 20.3 Å². The quantitative estimate of drug-likeness (QED) is 0.807. The van der Waals surface area contributed by atoms with Crippen molar-refractivity contribution in [3.8, 4) is 11.5 Å². The van der Waals surface area contributed by atoms with Gasteiger partial charge in [-0.1, -0.05) is 0 Å². The molecule has 2 aromatic rings. The number of benzene rings is 1. The number of anilines is 1. The number of likely N-dealkylation sites (tertiary alicyclic amines) is 1. The van der Waals surface area contributed by atoms with Gasteiger partial charge in [-0.3, -0.25) is 0 Å². The van der Waals surface area contributed by atoms with Crippen molar-refractivity contribution in [2.24, 2.45) is 0 Å². The molecule has 0 N–H and O–H groups in total. The lowest BCUT2D eigenvalue weighted by Gasteiger charge is -2.36. The maximum atomic E-state index is 13.4. The molecule has 1 aromatic carbocycles. The van der Waals surface area contributed by atoms with Gasteiger partial charge < -0.3 is 19.3 Å². The first-order valence-corrected chi connectivity index (χ1v) is 8.67. The molecule has 0 saturated carbocycles. The summed E-state index contributed by atoms with van der Waals surface area (Å²) < 4.78 is 50.6. The van der Waals surface area contributed by atoms with Crippen molar-refractivity contribution in [2.75, 3.05) is 46.3 Å². The Labute approximate surface area is 155 Å². The molecule has 2 heterocycles. The maximum absolute atomic E-state index is 13.4. The second kappa shape index (κ2) is 7.38. The number of halogens is 3. The molecule has 1 aromatic heterocycles. The molecule has 0 unspecified atom stereocenters. The Kier molecular flexibility index (Phi) is 5.32. The zero-order valence-corrected chi connectivity index (χ0v) is 15.8. The van der Waals surface area contributed by atoms with E-state index in [1.807, 2.05) is 11.9 Å². The lowest BCUT2D eigenvalue weighted by Crippen LogP contribution is -2.42. The van der Waals surface area contributed by atoms with E-state index in [1.54, 1.807) is 13.1 Å². The summed E-state index contributed by atoms with van der Waals surface area (Å²) in [7, 11) is 6.74. The first kappa shape index (κ1) is 19.5. The van der Waals surface area contributed by atoms with Crippen LogP contribution in [-0.2, 0) is 6.18 Å². The predicted octanol–water partition coefficient (Wildman–Crippen LogP) is 3.20. The highest BCUT2D eigenvalue weighted by Gasteiger charge is 2.36. The van der Waals surface area contributed by atoms with Crippen molar-refractivity contribution in [2.45, 2.75) is 25.1 Å². The second-order valence-corrected chi connectivity index (χ2v) is 6.74. The van der Waals surface area contributed by atoms with E-state index in [0.717, 1.165) is 25.9 Å². The van der Waals surface area contributed by atoms with Crippen LogP contribution in [0, 0.1) is 0 Å². The molecule has 0 spiro atoms. The van der Waals surface area contributed by atoms with Gasteiger partial charge in [0.05, 0.1) is 19.7 Å². The molecular weight excluding hydrogens is 361 g/mol. The van der Waals surface area contributed by atoms with Gasteiger partial charge in [-0.15, -0.1) is 0 Å². The number of methoxy groups -OCH3 is 2. The molecule has 9 heteroatoms. The van der Waals surface area contributed by atoms with Crippen LogP contribution < -0.4 is 14.4 Å². The third kappa shape index (κ3) is 3.87. The normalized spacial score (nSPS) is 16.6. The Balaban J connectivity index is 2.15. The van der Waals surface area contributed by atoms with Gasteiger partial charge in [0.25, 0.3) is 0 Å². The number of nitrogens with zero attached hydrogens (tertiary/aromatic N) is 4. The Hall–Kier alpha value is -2.29. The van der Waals surface area contributed by atoms with Crippen LogP contribution in [0.25, 0.3) is 10.9 Å². The second-order valence-electron chi connectivity index (χ2n) is 6.74. The third-order valence-electron chi connectivity index (χ3n) is 5.00. The molecule has 3 rings (SSSR count). The van der Waals surface area contributed by atoms with Gasteiger partial charge in [0.15, 0.2) is 11.5 Å². The molecule has 6 nitrogen and oxygen atoms in total. The van der Waals surface area contributed by atoms with E-state index in [4.69, 9.17) is 9.47 Å². The molecular formula is C18H23F3N4O2. The summed E-state index contributed by atoms with van der Waals surface area (Å²) in [4.78, 5) is 11.6. The summed E-state index contributed by atoms with van der Waals surface area (Å²) >= 11 is 0. The maximum Gasteiger partial charge on any atom is 0.451 e. The minimum atomic E-state index is -4.64. The van der Waals surface area contributed by atoms with Crippen molar-refractivity contribution in [1.82, 2.24) is 14.9 Å². The summed E-state index contributed by atoms with van der Waals surface area (Å²) in [6.07, 6.45) is -2.93. The van der Waals surface area contributed by atoms with Gasteiger partial charge in [-0.2, -0.15) is 13.2 Å². The van der Waals surface area contributed by atoms with Gasteiger partial charge in [0.2, 0.25) is 5.82 Å². The molecule has 0 atom stereocenters. The number of hydrogen-bond donors (Lipinski definition) is 0. The first-order chi connectivity index (χ1) is 12.7. The molecule has 0 bridgehead atoms. The lowest BCUT2D eigenvalue weighted by atomic mass is 10.0. The predicted molar refractivity (Wildman–Crippen MR) is 96.6 cm³/mol. The van der Waals surface area contributed by atoms with Gasteiger partial charge in [0, 0.05) is 24.5 Å². The number of fused-ring (bicyclic) bond motifs is 1. The average molecular weight is 384 g/mol. The van der Waals surface area contributed by atoms with Gasteiger partial charge in [-0.25, -0.2) is 9.97 Å². The van der Waals surface area contributed by atoms with Crippen molar-refractivity contribution in [3.63, 3.8) is 0 Å². The number of piperidine rings is 1. The van der Waals surface area contributed by atoms with Crippen LogP contribution in [0.5, 0.6) is 11.5 Å². The van der Waals surface area contributed by atoms with Gasteiger partial charge >= 0.3 is 6.18 Å². The fourth-order valence-corrected chi connectivity index (χ4v) is 3.39. The van der Waals surface area contributed by atoms with Gasteiger partial charge in [-0.05, 0) is 39.0 Å². The minimum Gasteiger partial charge on any atom is -0.493 e. The first-order valence-electron chi connectivity index (χ1n) is 8.67. The van der Waals surface area contributed by atoms with E-state index < -0.39 is 12.0 Å². The highest BCUT2D eigenvalue weighted by molar-refractivity contribution is 5.92. The Bertz CT molecular complexity index is 820. The molecule has 1 aliphatic heterocycles. The third-order valence-corrected chi connectivity index (χ3v) is 5.00. The fraction of sp³-hybridized carbons (Fsp3) is 0.556. The van der Waals surface area contributed by atoms with Crippen LogP contribution >= 0.6 is 0 Å². The van der Waals surface area contributed by atoms with Crippen molar-refractivity contribution < 1.29 is 22.6 Å². The molecule has 1 saturated heterocycles. The van der Waals surface area contributed by atoms with Crippen molar-refractivity contribution in [3.05, 3.63) is 18.0 Å². The summed E-state index contributed by atoms with van der Waals surface area (Å²) in [6.45, 7) is 1.78. The van der Waals surface area contributed by atoms with E-state index >= 15 is 0 Å². The topological polar surface area (TPSA) is 50.7 Å². The highest BCUT2D eigenvalue weighted by atomic mass is 19.4.